The molecule has 0 N–H and O–H groups in total. The van der Waals surface area contributed by atoms with Crippen LogP contribution in [0.25, 0.3) is 0 Å². The Morgan fingerprint density at radius 1 is 1.46 bits per heavy atom. The molecule has 0 saturated heterocycles. The zero-order chi connectivity index (χ0) is 18.9. The number of alkyl halides is 1. The first kappa shape index (κ1) is 20.6. The summed E-state index contributed by atoms with van der Waals surface area (Å²) in [7, 11) is 0. The highest BCUT2D eigenvalue weighted by atomic mass is 35.5. The van der Waals surface area contributed by atoms with Gasteiger partial charge >= 0.3 is 0 Å². The molecule has 4 atom stereocenters. The first-order valence-corrected chi connectivity index (χ1v) is 9.43. The molecule has 5 nitrogen and oxygen atoms in total. The van der Waals surface area contributed by atoms with E-state index in [1.165, 1.54) is 0 Å². The Hall–Kier alpha value is -1.74. The van der Waals surface area contributed by atoms with E-state index in [2.05, 4.69) is 12.6 Å². The Bertz CT molecular complexity index is 631. The quantitative estimate of drug-likeness (QED) is 0.324. The van der Waals surface area contributed by atoms with Crippen molar-refractivity contribution in [2.75, 3.05) is 19.1 Å². The Morgan fingerprint density at radius 2 is 2.27 bits per heavy atom. The highest BCUT2D eigenvalue weighted by molar-refractivity contribution is 6.17. The first-order valence-electron chi connectivity index (χ1n) is 8.89. The molecule has 3 unspecified atom stereocenters. The second-order valence-corrected chi connectivity index (χ2v) is 6.43. The minimum absolute atomic E-state index is 0.0941. The molecule has 0 amide bonds. The summed E-state index contributed by atoms with van der Waals surface area (Å²) in [5, 5.41) is 9.44. The third-order valence-corrected chi connectivity index (χ3v) is 4.46. The lowest BCUT2D eigenvalue weighted by atomic mass is 9.90. The molecule has 6 heteroatoms. The molecular weight excluding hydrogens is 354 g/mol. The molecule has 0 aliphatic carbocycles. The summed E-state index contributed by atoms with van der Waals surface area (Å²) in [6.45, 7) is 8.32. The van der Waals surface area contributed by atoms with Crippen LogP contribution >= 0.6 is 11.6 Å². The summed E-state index contributed by atoms with van der Waals surface area (Å²) in [6, 6.07) is 7.96. The number of nitriles is 1. The molecule has 0 radical (unpaired) electrons. The van der Waals surface area contributed by atoms with E-state index in [9.17, 15) is 5.26 Å². The maximum atomic E-state index is 9.44. The lowest BCUT2D eigenvalue weighted by Crippen LogP contribution is -2.29. The molecule has 0 fully saturated rings. The van der Waals surface area contributed by atoms with Gasteiger partial charge in [-0.15, -0.1) is 11.6 Å². The molecule has 1 aliphatic heterocycles. The SMILES string of the molecule is C=CCOc1ccc2c(c1)[C@H](CCCl)C(CC(C#N)OC(C)OCC)O2. The van der Waals surface area contributed by atoms with Gasteiger partial charge in [-0.1, -0.05) is 12.7 Å². The van der Waals surface area contributed by atoms with Crippen molar-refractivity contribution < 1.29 is 18.9 Å². The van der Waals surface area contributed by atoms with E-state index >= 15 is 0 Å². The van der Waals surface area contributed by atoms with Crippen LogP contribution < -0.4 is 9.47 Å². The van der Waals surface area contributed by atoms with Crippen LogP contribution in [0.15, 0.2) is 30.9 Å². The van der Waals surface area contributed by atoms with Gasteiger partial charge in [0.05, 0.1) is 6.07 Å². The fourth-order valence-electron chi connectivity index (χ4n) is 3.14. The van der Waals surface area contributed by atoms with Crippen LogP contribution in [0.1, 0.15) is 38.2 Å². The summed E-state index contributed by atoms with van der Waals surface area (Å²) < 4.78 is 22.8. The first-order chi connectivity index (χ1) is 12.6. The van der Waals surface area contributed by atoms with Gasteiger partial charge in [0.25, 0.3) is 0 Å². The number of rotatable bonds is 11. The zero-order valence-corrected chi connectivity index (χ0v) is 16.1. The maximum Gasteiger partial charge on any atom is 0.156 e. The normalized spacial score (nSPS) is 20.5. The van der Waals surface area contributed by atoms with Gasteiger partial charge in [-0.25, -0.2) is 0 Å². The number of ether oxygens (including phenoxy) is 4. The molecule has 2 rings (SSSR count). The Balaban J connectivity index is 2.11. The van der Waals surface area contributed by atoms with Gasteiger partial charge < -0.3 is 18.9 Å². The van der Waals surface area contributed by atoms with Crippen molar-refractivity contribution in [3.63, 3.8) is 0 Å². The molecule has 0 aromatic heterocycles. The number of nitrogens with zero attached hydrogens (tertiary/aromatic N) is 1. The molecule has 142 valence electrons. The molecule has 0 bridgehead atoms. The van der Waals surface area contributed by atoms with E-state index in [0.29, 0.717) is 25.5 Å². The van der Waals surface area contributed by atoms with Crippen molar-refractivity contribution in [3.8, 4) is 17.6 Å². The number of hydrogen-bond acceptors (Lipinski definition) is 5. The average molecular weight is 380 g/mol. The van der Waals surface area contributed by atoms with Gasteiger partial charge in [-0.05, 0) is 38.5 Å². The van der Waals surface area contributed by atoms with Crippen LogP contribution in [0.4, 0.5) is 0 Å². The Kier molecular flexibility index (Phi) is 8.24. The molecule has 26 heavy (non-hydrogen) atoms. The molecule has 1 aromatic rings. The topological polar surface area (TPSA) is 60.7 Å². The lowest BCUT2D eigenvalue weighted by molar-refractivity contribution is -0.149. The van der Waals surface area contributed by atoms with Crippen molar-refractivity contribution in [3.05, 3.63) is 36.4 Å². The van der Waals surface area contributed by atoms with Crippen LogP contribution in [-0.2, 0) is 9.47 Å². The summed E-state index contributed by atoms with van der Waals surface area (Å²) in [5.41, 5.74) is 1.06. The van der Waals surface area contributed by atoms with Crippen molar-refractivity contribution in [1.29, 1.82) is 5.26 Å². The van der Waals surface area contributed by atoms with Crippen molar-refractivity contribution in [1.82, 2.24) is 0 Å². The lowest BCUT2D eigenvalue weighted by Gasteiger charge is -2.23. The smallest absolute Gasteiger partial charge is 0.156 e. The van der Waals surface area contributed by atoms with Gasteiger partial charge in [0.1, 0.15) is 24.2 Å². The van der Waals surface area contributed by atoms with Crippen LogP contribution in [0.3, 0.4) is 0 Å². The minimum atomic E-state index is -0.606. The van der Waals surface area contributed by atoms with Crippen LogP contribution in [0.5, 0.6) is 11.5 Å². The van der Waals surface area contributed by atoms with Gasteiger partial charge in [0.15, 0.2) is 12.4 Å². The Labute approximate surface area is 160 Å². The van der Waals surface area contributed by atoms with Crippen molar-refractivity contribution >= 4 is 11.6 Å². The van der Waals surface area contributed by atoms with Crippen LogP contribution in [0.2, 0.25) is 0 Å². The molecule has 1 heterocycles. The summed E-state index contributed by atoms with van der Waals surface area (Å²) >= 11 is 6.02. The summed E-state index contributed by atoms with van der Waals surface area (Å²) in [6.07, 6.45) is 1.70. The van der Waals surface area contributed by atoms with E-state index in [1.807, 2.05) is 25.1 Å². The standard InChI is InChI=1S/C20H26ClNO4/c1-4-10-24-15-6-7-19-18(11-15)17(8-9-21)20(26-19)12-16(13-22)25-14(3)23-5-2/h4,6-7,11,14,16-17,20H,1,5,8-10,12H2,2-3H3/t14?,16?,17-,20?/m0/s1. The van der Waals surface area contributed by atoms with Crippen molar-refractivity contribution in [2.45, 2.75) is 51.1 Å². The molecule has 0 spiro atoms. The third kappa shape index (κ3) is 5.38. The Morgan fingerprint density at radius 3 is 2.92 bits per heavy atom. The predicted molar refractivity (Wildman–Crippen MR) is 101 cm³/mol. The van der Waals surface area contributed by atoms with E-state index in [4.69, 9.17) is 30.5 Å². The number of halogens is 1. The zero-order valence-electron chi connectivity index (χ0n) is 15.3. The molecular formula is C20H26ClNO4. The summed E-state index contributed by atoms with van der Waals surface area (Å²) in [5.74, 6) is 2.18. The van der Waals surface area contributed by atoms with Crippen LogP contribution in [0, 0.1) is 11.3 Å². The van der Waals surface area contributed by atoms with E-state index < -0.39 is 12.4 Å². The number of hydrogen-bond donors (Lipinski definition) is 0. The minimum Gasteiger partial charge on any atom is -0.490 e. The molecule has 1 aromatic carbocycles. The largest absolute Gasteiger partial charge is 0.490 e. The van der Waals surface area contributed by atoms with E-state index in [0.717, 1.165) is 23.5 Å². The number of fused-ring (bicyclic) bond motifs is 1. The monoisotopic (exact) mass is 379 g/mol. The van der Waals surface area contributed by atoms with Gasteiger partial charge in [0, 0.05) is 30.4 Å². The predicted octanol–water partition coefficient (Wildman–Crippen LogP) is 4.41. The van der Waals surface area contributed by atoms with Gasteiger partial charge in [-0.2, -0.15) is 5.26 Å². The average Bonchev–Trinajstić information content (AvgIpc) is 2.96. The maximum absolute atomic E-state index is 9.44. The fraction of sp³-hybridized carbons (Fsp3) is 0.550. The van der Waals surface area contributed by atoms with Gasteiger partial charge in [0.2, 0.25) is 0 Å². The third-order valence-electron chi connectivity index (χ3n) is 4.24. The van der Waals surface area contributed by atoms with E-state index in [-0.39, 0.29) is 12.0 Å². The van der Waals surface area contributed by atoms with Crippen LogP contribution in [-0.4, -0.2) is 37.6 Å². The fourth-order valence-corrected chi connectivity index (χ4v) is 3.38. The van der Waals surface area contributed by atoms with Crippen molar-refractivity contribution in [2.24, 2.45) is 0 Å². The highest BCUT2D eigenvalue weighted by Crippen LogP contribution is 2.43. The second-order valence-electron chi connectivity index (χ2n) is 6.05. The molecule has 1 aliphatic rings. The van der Waals surface area contributed by atoms with Gasteiger partial charge in [-0.3, -0.25) is 0 Å². The summed E-state index contributed by atoms with van der Waals surface area (Å²) in [4.78, 5) is 0. The molecule has 0 saturated carbocycles. The van der Waals surface area contributed by atoms with E-state index in [1.54, 1.807) is 13.0 Å². The number of benzene rings is 1. The highest BCUT2D eigenvalue weighted by Gasteiger charge is 2.36. The second kappa shape index (κ2) is 10.4.